The van der Waals surface area contributed by atoms with Crippen LogP contribution < -0.4 is 0 Å². The van der Waals surface area contributed by atoms with Crippen LogP contribution in [0.15, 0.2) is 66.2 Å². The van der Waals surface area contributed by atoms with Crippen LogP contribution in [-0.4, -0.2) is 42.3 Å². The van der Waals surface area contributed by atoms with Gasteiger partial charge in [-0.3, -0.25) is 9.29 Å². The molecule has 0 bridgehead atoms. The van der Waals surface area contributed by atoms with Crippen molar-refractivity contribution in [3.63, 3.8) is 0 Å². The molecule has 0 atom stereocenters. The summed E-state index contributed by atoms with van der Waals surface area (Å²) in [6, 6.07) is 18.8. The molecular weight excluding hydrogens is 468 g/mol. The maximum atomic E-state index is 13.9. The van der Waals surface area contributed by atoms with Gasteiger partial charge in [-0.05, 0) is 107 Å². The van der Waals surface area contributed by atoms with Crippen molar-refractivity contribution < 1.29 is 18.7 Å². The second kappa shape index (κ2) is 10.8. The summed E-state index contributed by atoms with van der Waals surface area (Å²) in [6.07, 6.45) is 5.28. The lowest BCUT2D eigenvalue weighted by Gasteiger charge is -2.33. The molecule has 0 amide bonds. The van der Waals surface area contributed by atoms with Crippen LogP contribution in [0.3, 0.4) is 0 Å². The number of likely N-dealkylation sites (tertiary alicyclic amines) is 1. The Bertz CT molecular complexity index is 1380. The van der Waals surface area contributed by atoms with E-state index in [1.165, 1.54) is 11.6 Å². The number of rotatable bonds is 7. The molecule has 0 saturated carbocycles. The first-order chi connectivity index (χ1) is 17.9. The number of aromatic carboxylic acids is 1. The van der Waals surface area contributed by atoms with E-state index in [9.17, 15) is 18.7 Å². The van der Waals surface area contributed by atoms with Gasteiger partial charge in [0.1, 0.15) is 5.82 Å². The molecule has 3 aromatic rings. The van der Waals surface area contributed by atoms with Gasteiger partial charge in [0.25, 0.3) is 0 Å². The number of nitrogens with zero attached hydrogens (tertiary/aromatic N) is 1. The summed E-state index contributed by atoms with van der Waals surface area (Å²) in [7, 11) is 0. The largest absolute Gasteiger partial charge is 0.478 e. The maximum Gasteiger partial charge on any atom is 0.335 e. The number of alkyl halides is 1. The van der Waals surface area contributed by atoms with Crippen LogP contribution in [0.4, 0.5) is 8.78 Å². The minimum atomic E-state index is -0.927. The van der Waals surface area contributed by atoms with E-state index in [1.807, 2.05) is 19.1 Å². The first-order valence-electron chi connectivity index (χ1n) is 12.9. The van der Waals surface area contributed by atoms with Crippen LogP contribution in [0.5, 0.6) is 0 Å². The summed E-state index contributed by atoms with van der Waals surface area (Å²) < 4.78 is 26.4. The van der Waals surface area contributed by atoms with Gasteiger partial charge in [-0.1, -0.05) is 42.5 Å². The zero-order chi connectivity index (χ0) is 25.9. The fraction of sp³-hybridized carbons (Fsp3) is 0.281. The van der Waals surface area contributed by atoms with Crippen molar-refractivity contribution in [3.8, 4) is 0 Å². The Morgan fingerprint density at radius 1 is 1.00 bits per heavy atom. The molecule has 0 radical (unpaired) electrons. The summed E-state index contributed by atoms with van der Waals surface area (Å²) in [5.74, 6) is -1.18. The molecule has 1 saturated heterocycles. The number of fused-ring (bicyclic) bond motifs is 1. The van der Waals surface area contributed by atoms with E-state index in [1.54, 1.807) is 18.2 Å². The lowest BCUT2D eigenvalue weighted by molar-refractivity contribution is 0.0696. The summed E-state index contributed by atoms with van der Waals surface area (Å²) in [5, 5.41) is 9.55. The average molecular weight is 500 g/mol. The maximum absolute atomic E-state index is 13.9. The van der Waals surface area contributed by atoms with Gasteiger partial charge in [0.2, 0.25) is 0 Å². The topological polar surface area (TPSA) is 40.5 Å². The number of benzene rings is 3. The molecule has 0 spiro atoms. The molecule has 3 nitrogen and oxygen atoms in total. The summed E-state index contributed by atoms with van der Waals surface area (Å²) in [4.78, 5) is 13.9. The molecule has 2 aliphatic rings. The zero-order valence-corrected chi connectivity index (χ0v) is 21.1. The molecule has 1 N–H and O–H groups in total. The standard InChI is InChI=1S/C32H31F2NO2/c1-21-16-27(34)11-13-28(21)30-5-2-4-25-18-26(32(36)37)10-12-29(25)31(30)24-8-6-22(7-9-24)17-23-19-35(20-23)15-3-14-33/h6-13,16-18H,2-5,14-15,19-20H2,1H3,(H,36,37). The summed E-state index contributed by atoms with van der Waals surface area (Å²) in [5.41, 5.74) is 10.0. The highest BCUT2D eigenvalue weighted by molar-refractivity contribution is 6.01. The van der Waals surface area contributed by atoms with Crippen molar-refractivity contribution in [2.24, 2.45) is 0 Å². The molecule has 1 aliphatic carbocycles. The van der Waals surface area contributed by atoms with E-state index in [2.05, 4.69) is 35.2 Å². The summed E-state index contributed by atoms with van der Waals surface area (Å²) in [6.45, 7) is 4.25. The van der Waals surface area contributed by atoms with Crippen LogP contribution in [0.2, 0.25) is 0 Å². The number of carboxylic acids is 1. The predicted octanol–water partition coefficient (Wildman–Crippen LogP) is 7.19. The zero-order valence-electron chi connectivity index (χ0n) is 21.1. The Hall–Kier alpha value is -3.57. The Labute approximate surface area is 216 Å². The van der Waals surface area contributed by atoms with E-state index in [0.717, 1.165) is 83.4 Å². The lowest BCUT2D eigenvalue weighted by Crippen LogP contribution is -2.40. The van der Waals surface area contributed by atoms with Gasteiger partial charge in [-0.25, -0.2) is 9.18 Å². The monoisotopic (exact) mass is 499 g/mol. The molecule has 1 aliphatic heterocycles. The molecule has 5 rings (SSSR count). The Balaban J connectivity index is 1.55. The highest BCUT2D eigenvalue weighted by atomic mass is 19.1. The Morgan fingerprint density at radius 2 is 1.76 bits per heavy atom. The second-order valence-electron chi connectivity index (χ2n) is 10.0. The quantitative estimate of drug-likeness (QED) is 0.374. The number of aryl methyl sites for hydroxylation is 2. The van der Waals surface area contributed by atoms with E-state index in [0.29, 0.717) is 12.0 Å². The Morgan fingerprint density at radius 3 is 2.46 bits per heavy atom. The van der Waals surface area contributed by atoms with Crippen LogP contribution in [-0.2, 0) is 6.42 Å². The average Bonchev–Trinajstić information content (AvgIpc) is 3.04. The number of carboxylic acid groups (broad SMARTS) is 1. The highest BCUT2D eigenvalue weighted by Gasteiger charge is 2.23. The molecule has 5 heteroatoms. The molecule has 190 valence electrons. The van der Waals surface area contributed by atoms with Crippen molar-refractivity contribution in [1.82, 2.24) is 4.90 Å². The van der Waals surface area contributed by atoms with Crippen LogP contribution in [0.1, 0.15) is 63.0 Å². The fourth-order valence-corrected chi connectivity index (χ4v) is 5.53. The van der Waals surface area contributed by atoms with Gasteiger partial charge in [0.05, 0.1) is 12.2 Å². The molecule has 3 aromatic carbocycles. The minimum Gasteiger partial charge on any atom is -0.478 e. The van der Waals surface area contributed by atoms with E-state index < -0.39 is 5.97 Å². The van der Waals surface area contributed by atoms with Gasteiger partial charge >= 0.3 is 5.97 Å². The van der Waals surface area contributed by atoms with Crippen molar-refractivity contribution in [1.29, 1.82) is 0 Å². The van der Waals surface area contributed by atoms with E-state index in [-0.39, 0.29) is 12.5 Å². The van der Waals surface area contributed by atoms with Crippen molar-refractivity contribution in [3.05, 3.63) is 111 Å². The molecular formula is C32H31F2NO2. The fourth-order valence-electron chi connectivity index (χ4n) is 5.53. The van der Waals surface area contributed by atoms with Crippen LogP contribution >= 0.6 is 0 Å². The highest BCUT2D eigenvalue weighted by Crippen LogP contribution is 2.41. The second-order valence-corrected chi connectivity index (χ2v) is 10.0. The van der Waals surface area contributed by atoms with Crippen LogP contribution in [0, 0.1) is 12.7 Å². The van der Waals surface area contributed by atoms with Crippen molar-refractivity contribution in [2.75, 3.05) is 26.3 Å². The van der Waals surface area contributed by atoms with Gasteiger partial charge in [0, 0.05) is 19.6 Å². The van der Waals surface area contributed by atoms with E-state index in [4.69, 9.17) is 0 Å². The third-order valence-electron chi connectivity index (χ3n) is 7.34. The number of hydrogen-bond donors (Lipinski definition) is 1. The van der Waals surface area contributed by atoms with Gasteiger partial charge in [-0.2, -0.15) is 0 Å². The minimum absolute atomic E-state index is 0.250. The molecule has 0 aromatic heterocycles. The summed E-state index contributed by atoms with van der Waals surface area (Å²) >= 11 is 0. The van der Waals surface area contributed by atoms with Crippen molar-refractivity contribution >= 4 is 23.2 Å². The smallest absolute Gasteiger partial charge is 0.335 e. The molecule has 37 heavy (non-hydrogen) atoms. The predicted molar refractivity (Wildman–Crippen MR) is 145 cm³/mol. The third kappa shape index (κ3) is 5.42. The molecule has 0 unspecified atom stereocenters. The van der Waals surface area contributed by atoms with Crippen LogP contribution in [0.25, 0.3) is 17.2 Å². The number of hydrogen-bond acceptors (Lipinski definition) is 2. The first kappa shape index (κ1) is 25.1. The van der Waals surface area contributed by atoms with Gasteiger partial charge < -0.3 is 5.11 Å². The van der Waals surface area contributed by atoms with Crippen molar-refractivity contribution in [2.45, 2.75) is 32.6 Å². The van der Waals surface area contributed by atoms with Gasteiger partial charge in [0.15, 0.2) is 0 Å². The third-order valence-corrected chi connectivity index (χ3v) is 7.34. The number of halogens is 2. The number of allylic oxidation sites excluding steroid dienone is 1. The lowest BCUT2D eigenvalue weighted by atomic mass is 9.86. The molecule has 1 heterocycles. The van der Waals surface area contributed by atoms with E-state index >= 15 is 0 Å². The normalized spacial score (nSPS) is 15.7. The molecule has 1 fully saturated rings. The Kier molecular flexibility index (Phi) is 7.33. The first-order valence-corrected chi connectivity index (χ1v) is 12.9. The SMILES string of the molecule is Cc1cc(F)ccc1C1=C(c2ccc(C=C3CN(CCCF)C3)cc2)c2ccc(C(=O)O)cc2CCC1. The number of carbonyl (C=O) groups is 1. The van der Waals surface area contributed by atoms with Gasteiger partial charge in [-0.15, -0.1) is 0 Å².